The van der Waals surface area contributed by atoms with E-state index in [2.05, 4.69) is 21.0 Å². The van der Waals surface area contributed by atoms with Gasteiger partial charge in [-0.25, -0.2) is 13.1 Å². The molecule has 3 N–H and O–H groups in total. The van der Waals surface area contributed by atoms with Gasteiger partial charge in [0.15, 0.2) is 16.1 Å². The Labute approximate surface area is 169 Å². The lowest BCUT2D eigenvalue weighted by Crippen LogP contribution is -2.57. The standard InChI is InChI=1S/C19H25N5O4S/c1-12-11-16(24(23-12)19-20-14(3)13(2)18(26)22-19)21-17(25)9-10-29(27,28)15-7-5-4-6-8-15/h4-8,11,13-14,19-20H,9-10H2,1-3H3,(H,21,25)(H,22,26). The van der Waals surface area contributed by atoms with Gasteiger partial charge in [0.25, 0.3) is 0 Å². The van der Waals surface area contributed by atoms with Gasteiger partial charge in [-0.15, -0.1) is 0 Å². The van der Waals surface area contributed by atoms with Gasteiger partial charge in [0.2, 0.25) is 11.8 Å². The predicted octanol–water partition coefficient (Wildman–Crippen LogP) is 1.19. The first-order valence-corrected chi connectivity index (χ1v) is 11.0. The van der Waals surface area contributed by atoms with Gasteiger partial charge in [-0.3, -0.25) is 14.9 Å². The van der Waals surface area contributed by atoms with E-state index in [-0.39, 0.29) is 34.9 Å². The minimum Gasteiger partial charge on any atom is -0.322 e. The van der Waals surface area contributed by atoms with E-state index in [0.29, 0.717) is 11.5 Å². The summed E-state index contributed by atoms with van der Waals surface area (Å²) in [6.45, 7) is 5.50. The number of amides is 2. The van der Waals surface area contributed by atoms with Gasteiger partial charge < -0.3 is 10.6 Å². The summed E-state index contributed by atoms with van der Waals surface area (Å²) in [7, 11) is -3.55. The second-order valence-electron chi connectivity index (χ2n) is 7.20. The normalized spacial score (nSPS) is 22.2. The van der Waals surface area contributed by atoms with Crippen LogP contribution in [0.3, 0.4) is 0 Å². The molecule has 1 fully saturated rings. The van der Waals surface area contributed by atoms with Crippen molar-refractivity contribution in [1.82, 2.24) is 20.4 Å². The molecule has 0 saturated carbocycles. The molecule has 3 rings (SSSR count). The maximum absolute atomic E-state index is 12.4. The molecule has 29 heavy (non-hydrogen) atoms. The van der Waals surface area contributed by atoms with Crippen LogP contribution in [0.15, 0.2) is 41.3 Å². The largest absolute Gasteiger partial charge is 0.322 e. The maximum Gasteiger partial charge on any atom is 0.227 e. The van der Waals surface area contributed by atoms with E-state index < -0.39 is 22.0 Å². The number of benzene rings is 1. The quantitative estimate of drug-likeness (QED) is 0.647. The van der Waals surface area contributed by atoms with E-state index in [9.17, 15) is 18.0 Å². The second-order valence-corrected chi connectivity index (χ2v) is 9.31. The number of aromatic nitrogens is 2. The summed E-state index contributed by atoms with van der Waals surface area (Å²) >= 11 is 0. The van der Waals surface area contributed by atoms with Crippen LogP contribution < -0.4 is 16.0 Å². The molecule has 156 valence electrons. The molecule has 2 amide bonds. The first kappa shape index (κ1) is 21.0. The van der Waals surface area contributed by atoms with Crippen molar-refractivity contribution >= 4 is 27.5 Å². The predicted molar refractivity (Wildman–Crippen MR) is 108 cm³/mol. The number of sulfone groups is 1. The summed E-state index contributed by atoms with van der Waals surface area (Å²) in [6.07, 6.45) is -0.801. The lowest BCUT2D eigenvalue weighted by atomic mass is 10.0. The van der Waals surface area contributed by atoms with Crippen molar-refractivity contribution in [2.24, 2.45) is 5.92 Å². The van der Waals surface area contributed by atoms with Crippen LogP contribution in [0.25, 0.3) is 0 Å². The van der Waals surface area contributed by atoms with Crippen molar-refractivity contribution in [3.05, 3.63) is 42.1 Å². The number of hydrogen-bond acceptors (Lipinski definition) is 6. The van der Waals surface area contributed by atoms with Crippen molar-refractivity contribution in [1.29, 1.82) is 0 Å². The van der Waals surface area contributed by atoms with Crippen LogP contribution in [-0.4, -0.2) is 41.8 Å². The van der Waals surface area contributed by atoms with E-state index in [1.54, 1.807) is 31.2 Å². The lowest BCUT2D eigenvalue weighted by Gasteiger charge is -2.34. The van der Waals surface area contributed by atoms with Gasteiger partial charge in [-0.2, -0.15) is 5.10 Å². The number of nitrogens with one attached hydrogen (secondary N) is 3. The molecule has 0 radical (unpaired) electrons. The van der Waals surface area contributed by atoms with E-state index in [0.717, 1.165) is 0 Å². The third kappa shape index (κ3) is 4.83. The molecule has 9 nitrogen and oxygen atoms in total. The molecular formula is C19H25N5O4S. The molecule has 1 saturated heterocycles. The molecule has 0 spiro atoms. The van der Waals surface area contributed by atoms with Gasteiger partial charge in [-0.1, -0.05) is 25.1 Å². The number of nitrogens with zero attached hydrogens (tertiary/aromatic N) is 2. The van der Waals surface area contributed by atoms with Crippen LogP contribution in [0.4, 0.5) is 5.82 Å². The molecule has 2 aromatic rings. The smallest absolute Gasteiger partial charge is 0.227 e. The average molecular weight is 420 g/mol. The van der Waals surface area contributed by atoms with E-state index >= 15 is 0 Å². The summed E-state index contributed by atoms with van der Waals surface area (Å²) in [5.74, 6) is -0.675. The van der Waals surface area contributed by atoms with Crippen molar-refractivity contribution in [3.8, 4) is 0 Å². The highest BCUT2D eigenvalue weighted by atomic mass is 32.2. The fraction of sp³-hybridized carbons (Fsp3) is 0.421. The topological polar surface area (TPSA) is 122 Å². The fourth-order valence-electron chi connectivity index (χ4n) is 3.04. The molecular weight excluding hydrogens is 394 g/mol. The zero-order chi connectivity index (χ0) is 21.2. The minimum atomic E-state index is -3.55. The van der Waals surface area contributed by atoms with Crippen LogP contribution in [0, 0.1) is 12.8 Å². The molecule has 1 aliphatic rings. The monoisotopic (exact) mass is 419 g/mol. The fourth-order valence-corrected chi connectivity index (χ4v) is 4.31. The van der Waals surface area contributed by atoms with Crippen molar-refractivity contribution in [3.63, 3.8) is 0 Å². The Morgan fingerprint density at radius 2 is 1.93 bits per heavy atom. The summed E-state index contributed by atoms with van der Waals surface area (Å²) in [5.41, 5.74) is 0.652. The number of carbonyl (C=O) groups is 2. The Morgan fingerprint density at radius 3 is 2.59 bits per heavy atom. The Morgan fingerprint density at radius 1 is 1.24 bits per heavy atom. The van der Waals surface area contributed by atoms with Crippen LogP contribution in [0.2, 0.25) is 0 Å². The first-order valence-electron chi connectivity index (χ1n) is 9.37. The summed E-state index contributed by atoms with van der Waals surface area (Å²) in [4.78, 5) is 24.7. The van der Waals surface area contributed by atoms with Gasteiger partial charge in [-0.05, 0) is 26.0 Å². The van der Waals surface area contributed by atoms with E-state index in [4.69, 9.17) is 0 Å². The van der Waals surface area contributed by atoms with Crippen LogP contribution in [0.1, 0.15) is 32.3 Å². The highest BCUT2D eigenvalue weighted by molar-refractivity contribution is 7.91. The number of carbonyl (C=O) groups excluding carboxylic acids is 2. The molecule has 0 aliphatic carbocycles. The zero-order valence-corrected chi connectivity index (χ0v) is 17.4. The third-order valence-electron chi connectivity index (χ3n) is 4.93. The zero-order valence-electron chi connectivity index (χ0n) is 16.5. The molecule has 3 unspecified atom stereocenters. The van der Waals surface area contributed by atoms with Crippen LogP contribution in [0.5, 0.6) is 0 Å². The molecule has 1 aromatic carbocycles. The lowest BCUT2D eigenvalue weighted by molar-refractivity contribution is -0.130. The molecule has 1 aliphatic heterocycles. The van der Waals surface area contributed by atoms with E-state index in [1.807, 2.05) is 13.8 Å². The number of aryl methyl sites for hydroxylation is 1. The van der Waals surface area contributed by atoms with Gasteiger partial charge in [0.1, 0.15) is 5.82 Å². The SMILES string of the molecule is Cc1cc(NC(=O)CCS(=O)(=O)c2ccccc2)n(C2NC(=O)C(C)C(C)N2)n1. The minimum absolute atomic E-state index is 0.0715. The molecule has 0 bridgehead atoms. The van der Waals surface area contributed by atoms with Gasteiger partial charge in [0.05, 0.1) is 22.3 Å². The Bertz CT molecular complexity index is 1000. The molecule has 2 heterocycles. The van der Waals surface area contributed by atoms with Crippen molar-refractivity contribution in [2.75, 3.05) is 11.1 Å². The Kier molecular flexibility index (Phi) is 6.04. The summed E-state index contributed by atoms with van der Waals surface area (Å²) < 4.78 is 26.2. The van der Waals surface area contributed by atoms with Crippen molar-refractivity contribution in [2.45, 2.75) is 44.4 Å². The Balaban J connectivity index is 1.68. The Hall–Kier alpha value is -2.72. The number of rotatable bonds is 6. The van der Waals surface area contributed by atoms with Crippen LogP contribution in [-0.2, 0) is 19.4 Å². The van der Waals surface area contributed by atoms with Crippen molar-refractivity contribution < 1.29 is 18.0 Å². The van der Waals surface area contributed by atoms with Gasteiger partial charge >= 0.3 is 0 Å². The molecule has 10 heteroatoms. The maximum atomic E-state index is 12.4. The van der Waals surface area contributed by atoms with Gasteiger partial charge in [0, 0.05) is 18.5 Å². The third-order valence-corrected chi connectivity index (χ3v) is 6.67. The number of hydrogen-bond donors (Lipinski definition) is 3. The van der Waals surface area contributed by atoms with E-state index in [1.165, 1.54) is 16.8 Å². The second kappa shape index (κ2) is 8.34. The highest BCUT2D eigenvalue weighted by Crippen LogP contribution is 2.20. The molecule has 1 aromatic heterocycles. The molecule has 3 atom stereocenters. The first-order chi connectivity index (χ1) is 13.7. The van der Waals surface area contributed by atoms with Crippen LogP contribution >= 0.6 is 0 Å². The summed E-state index contributed by atoms with van der Waals surface area (Å²) in [5, 5.41) is 13.1. The highest BCUT2D eigenvalue weighted by Gasteiger charge is 2.32. The number of anilines is 1. The summed E-state index contributed by atoms with van der Waals surface area (Å²) in [6, 6.07) is 9.62. The average Bonchev–Trinajstić information content (AvgIpc) is 3.05.